The van der Waals surface area contributed by atoms with E-state index in [0.29, 0.717) is 12.2 Å². The molecule has 0 fully saturated rings. The number of sulfonamides is 1. The van der Waals surface area contributed by atoms with Crippen LogP contribution in [0.4, 0.5) is 0 Å². The number of aryl methyl sites for hydroxylation is 1. The second-order valence-electron chi connectivity index (χ2n) is 7.13. The van der Waals surface area contributed by atoms with Gasteiger partial charge in [0.05, 0.1) is 13.7 Å². The van der Waals surface area contributed by atoms with Gasteiger partial charge in [0.1, 0.15) is 16.7 Å². The van der Waals surface area contributed by atoms with Crippen LogP contribution in [0.2, 0.25) is 0 Å². The fourth-order valence-electron chi connectivity index (χ4n) is 3.47. The summed E-state index contributed by atoms with van der Waals surface area (Å²) in [4.78, 5) is 11.6. The number of benzene rings is 2. The SMILES string of the molecule is CCc1ccc(/C=C/C(=O)OC)cc1CN1CC(CC)Oc2ccccc2S1(=O)=O. The molecule has 7 heteroatoms. The quantitative estimate of drug-likeness (QED) is 0.516. The third kappa shape index (κ3) is 4.74. The topological polar surface area (TPSA) is 72.9 Å². The highest BCUT2D eigenvalue weighted by atomic mass is 32.2. The van der Waals surface area contributed by atoms with Crippen LogP contribution in [0.3, 0.4) is 0 Å². The molecule has 30 heavy (non-hydrogen) atoms. The number of nitrogens with zero attached hydrogens (tertiary/aromatic N) is 1. The predicted octanol–water partition coefficient (Wildman–Crippen LogP) is 3.80. The van der Waals surface area contributed by atoms with Crippen LogP contribution in [0.15, 0.2) is 53.4 Å². The van der Waals surface area contributed by atoms with Crippen molar-refractivity contribution in [2.45, 2.75) is 44.2 Å². The van der Waals surface area contributed by atoms with Gasteiger partial charge in [-0.15, -0.1) is 0 Å². The Hall–Kier alpha value is -2.64. The minimum Gasteiger partial charge on any atom is -0.488 e. The molecule has 0 aromatic heterocycles. The summed E-state index contributed by atoms with van der Waals surface area (Å²) >= 11 is 0. The molecule has 2 aromatic carbocycles. The van der Waals surface area contributed by atoms with Gasteiger partial charge in [-0.05, 0) is 47.7 Å². The minimum absolute atomic E-state index is 0.195. The maximum absolute atomic E-state index is 13.4. The lowest BCUT2D eigenvalue weighted by atomic mass is 10.0. The fourth-order valence-corrected chi connectivity index (χ4v) is 5.04. The molecule has 1 heterocycles. The average molecular weight is 430 g/mol. The van der Waals surface area contributed by atoms with Gasteiger partial charge < -0.3 is 9.47 Å². The Morgan fingerprint density at radius 3 is 2.67 bits per heavy atom. The lowest BCUT2D eigenvalue weighted by Crippen LogP contribution is -2.36. The maximum atomic E-state index is 13.4. The normalized spacial score (nSPS) is 18.4. The van der Waals surface area contributed by atoms with Gasteiger partial charge in [-0.25, -0.2) is 13.2 Å². The molecule has 0 bridgehead atoms. The highest BCUT2D eigenvalue weighted by Crippen LogP contribution is 2.32. The summed E-state index contributed by atoms with van der Waals surface area (Å²) in [6.45, 7) is 4.53. The Bertz CT molecular complexity index is 1050. The molecular formula is C23H27NO5S. The molecule has 0 amide bonds. The Morgan fingerprint density at radius 1 is 1.20 bits per heavy atom. The van der Waals surface area contributed by atoms with Crippen LogP contribution >= 0.6 is 0 Å². The molecule has 1 aliphatic heterocycles. The molecule has 0 aliphatic carbocycles. The van der Waals surface area contributed by atoms with Crippen molar-refractivity contribution in [1.82, 2.24) is 4.31 Å². The summed E-state index contributed by atoms with van der Waals surface area (Å²) in [6, 6.07) is 12.6. The largest absolute Gasteiger partial charge is 0.488 e. The van der Waals surface area contributed by atoms with E-state index in [9.17, 15) is 13.2 Å². The first-order valence-electron chi connectivity index (χ1n) is 10.0. The van der Waals surface area contributed by atoms with Gasteiger partial charge in [0.2, 0.25) is 10.0 Å². The number of hydrogen-bond acceptors (Lipinski definition) is 5. The number of methoxy groups -OCH3 is 1. The second-order valence-corrected chi connectivity index (χ2v) is 9.04. The van der Waals surface area contributed by atoms with Crippen molar-refractivity contribution in [2.75, 3.05) is 13.7 Å². The van der Waals surface area contributed by atoms with Gasteiger partial charge in [0.15, 0.2) is 0 Å². The van der Waals surface area contributed by atoms with E-state index in [2.05, 4.69) is 4.74 Å². The molecule has 160 valence electrons. The number of carbonyl (C=O) groups is 1. The van der Waals surface area contributed by atoms with Crippen molar-refractivity contribution in [3.05, 3.63) is 65.2 Å². The summed E-state index contributed by atoms with van der Waals surface area (Å²) in [5.74, 6) is -0.0388. The number of para-hydroxylation sites is 1. The zero-order chi connectivity index (χ0) is 21.7. The molecule has 2 aromatic rings. The first-order valence-corrected chi connectivity index (χ1v) is 11.5. The number of rotatable bonds is 6. The summed E-state index contributed by atoms with van der Waals surface area (Å²) in [6.07, 6.45) is 4.26. The van der Waals surface area contributed by atoms with Crippen LogP contribution in [0.1, 0.15) is 37.0 Å². The zero-order valence-corrected chi connectivity index (χ0v) is 18.3. The Morgan fingerprint density at radius 2 is 1.97 bits per heavy atom. The molecule has 0 saturated carbocycles. The summed E-state index contributed by atoms with van der Waals surface area (Å²) < 4.78 is 38.9. The first kappa shape index (κ1) is 22.1. The maximum Gasteiger partial charge on any atom is 0.330 e. The van der Waals surface area contributed by atoms with Crippen molar-refractivity contribution < 1.29 is 22.7 Å². The lowest BCUT2D eigenvalue weighted by molar-refractivity contribution is -0.134. The van der Waals surface area contributed by atoms with Crippen LogP contribution in [-0.4, -0.2) is 38.5 Å². The fraction of sp³-hybridized carbons (Fsp3) is 0.348. The lowest BCUT2D eigenvalue weighted by Gasteiger charge is -2.23. The molecule has 0 saturated heterocycles. The van der Waals surface area contributed by atoms with Crippen molar-refractivity contribution in [1.29, 1.82) is 0 Å². The smallest absolute Gasteiger partial charge is 0.330 e. The molecule has 6 nitrogen and oxygen atoms in total. The van der Waals surface area contributed by atoms with Crippen molar-refractivity contribution in [3.8, 4) is 5.75 Å². The summed E-state index contributed by atoms with van der Waals surface area (Å²) in [5, 5.41) is 0. The van der Waals surface area contributed by atoms with E-state index in [1.54, 1.807) is 30.3 Å². The number of carbonyl (C=O) groups excluding carboxylic acids is 1. The number of ether oxygens (including phenoxy) is 2. The van der Waals surface area contributed by atoms with Crippen LogP contribution in [0.5, 0.6) is 5.75 Å². The molecular weight excluding hydrogens is 402 g/mol. The highest BCUT2D eigenvalue weighted by Gasteiger charge is 2.34. The van der Waals surface area contributed by atoms with E-state index in [1.807, 2.05) is 32.0 Å². The van der Waals surface area contributed by atoms with Crippen LogP contribution in [0, 0.1) is 0 Å². The van der Waals surface area contributed by atoms with Crippen molar-refractivity contribution in [2.24, 2.45) is 0 Å². The van der Waals surface area contributed by atoms with E-state index in [-0.39, 0.29) is 24.1 Å². The van der Waals surface area contributed by atoms with Gasteiger partial charge in [-0.2, -0.15) is 4.31 Å². The molecule has 0 N–H and O–H groups in total. The second kappa shape index (κ2) is 9.45. The molecule has 0 radical (unpaired) electrons. The Labute approximate surface area is 178 Å². The monoisotopic (exact) mass is 429 g/mol. The highest BCUT2D eigenvalue weighted by molar-refractivity contribution is 7.89. The summed E-state index contributed by atoms with van der Waals surface area (Å²) in [5.41, 5.74) is 2.78. The third-order valence-electron chi connectivity index (χ3n) is 5.19. The molecule has 1 atom stereocenters. The predicted molar refractivity (Wildman–Crippen MR) is 116 cm³/mol. The number of esters is 1. The first-order chi connectivity index (χ1) is 14.4. The van der Waals surface area contributed by atoms with Crippen molar-refractivity contribution >= 4 is 22.1 Å². The van der Waals surface area contributed by atoms with Gasteiger partial charge in [0.25, 0.3) is 0 Å². The molecule has 0 spiro atoms. The van der Waals surface area contributed by atoms with E-state index >= 15 is 0 Å². The third-order valence-corrected chi connectivity index (χ3v) is 7.05. The Balaban J connectivity index is 1.99. The van der Waals surface area contributed by atoms with Gasteiger partial charge in [-0.3, -0.25) is 0 Å². The number of hydrogen-bond donors (Lipinski definition) is 0. The van der Waals surface area contributed by atoms with Crippen molar-refractivity contribution in [3.63, 3.8) is 0 Å². The minimum atomic E-state index is -3.71. The summed E-state index contributed by atoms with van der Waals surface area (Å²) in [7, 11) is -2.39. The Kier molecular flexibility index (Phi) is 6.95. The molecule has 1 aliphatic rings. The van der Waals surface area contributed by atoms with Gasteiger partial charge in [0, 0.05) is 12.6 Å². The molecule has 3 rings (SSSR count). The number of fused-ring (bicyclic) bond motifs is 1. The van der Waals surface area contributed by atoms with E-state index in [4.69, 9.17) is 4.74 Å². The van der Waals surface area contributed by atoms with Gasteiger partial charge in [-0.1, -0.05) is 44.2 Å². The van der Waals surface area contributed by atoms with E-state index < -0.39 is 16.0 Å². The van der Waals surface area contributed by atoms with Crippen LogP contribution in [0.25, 0.3) is 6.08 Å². The van der Waals surface area contributed by atoms with Crippen LogP contribution < -0.4 is 4.74 Å². The average Bonchev–Trinajstić information content (AvgIpc) is 2.86. The zero-order valence-electron chi connectivity index (χ0n) is 17.5. The van der Waals surface area contributed by atoms with Crippen LogP contribution in [-0.2, 0) is 32.5 Å². The van der Waals surface area contributed by atoms with E-state index in [0.717, 1.165) is 23.1 Å². The van der Waals surface area contributed by atoms with Gasteiger partial charge >= 0.3 is 5.97 Å². The standard InChI is InChI=1S/C23H27NO5S/c1-4-18-12-10-17(11-13-23(25)28-3)14-19(18)15-24-16-20(5-2)29-21-8-6-7-9-22(21)30(24,26)27/h6-14,20H,4-5,15-16H2,1-3H3/b13-11+. The van der Waals surface area contributed by atoms with E-state index in [1.165, 1.54) is 17.5 Å². The molecule has 1 unspecified atom stereocenters.